The van der Waals surface area contributed by atoms with E-state index in [2.05, 4.69) is 0 Å². The molecule has 0 aromatic heterocycles. The number of hydrogen-bond acceptors (Lipinski definition) is 2. The maximum absolute atomic E-state index is 11.0. The number of ketones is 1. The molecule has 0 spiro atoms. The van der Waals surface area contributed by atoms with Gasteiger partial charge in [0.2, 0.25) is 0 Å². The Bertz CT molecular complexity index is 193. The summed E-state index contributed by atoms with van der Waals surface area (Å²) in [6, 6.07) is 0. The third-order valence-corrected chi connectivity index (χ3v) is 1.89. The first-order valence-electron chi connectivity index (χ1n) is 3.15. The van der Waals surface area contributed by atoms with Gasteiger partial charge in [-0.3, -0.25) is 4.79 Å². The van der Waals surface area contributed by atoms with Crippen molar-refractivity contribution in [3.8, 4) is 0 Å². The van der Waals surface area contributed by atoms with Gasteiger partial charge in [0.25, 0.3) is 0 Å². The lowest BCUT2D eigenvalue weighted by molar-refractivity contribution is -0.116. The molecule has 1 aliphatic heterocycles. The quantitative estimate of drug-likeness (QED) is 0.444. The third kappa shape index (κ3) is 0.630. The highest BCUT2D eigenvalue weighted by Crippen LogP contribution is 2.32. The Kier molecular flexibility index (Phi) is 0.833. The van der Waals surface area contributed by atoms with Gasteiger partial charge in [-0.25, -0.2) is 0 Å². The Morgan fingerprint density at radius 2 is 2.56 bits per heavy atom. The van der Waals surface area contributed by atoms with Gasteiger partial charge >= 0.3 is 0 Å². The van der Waals surface area contributed by atoms with Crippen molar-refractivity contribution in [2.75, 3.05) is 0 Å². The van der Waals surface area contributed by atoms with Gasteiger partial charge in [0.05, 0.1) is 6.10 Å². The van der Waals surface area contributed by atoms with Crippen LogP contribution in [-0.2, 0) is 9.53 Å². The Balaban J connectivity index is 2.27. The molecule has 48 valence electrons. The zero-order valence-corrected chi connectivity index (χ0v) is 5.26. The largest absolute Gasteiger partial charge is 0.361 e. The lowest BCUT2D eigenvalue weighted by atomic mass is 10.00. The molecular formula is C7H8O2. The van der Waals surface area contributed by atoms with Crippen molar-refractivity contribution in [3.63, 3.8) is 0 Å². The molecule has 0 bridgehead atoms. The molecule has 0 N–H and O–H groups in total. The molecule has 1 aliphatic carbocycles. The highest BCUT2D eigenvalue weighted by atomic mass is 16.6. The van der Waals surface area contributed by atoms with Gasteiger partial charge in [-0.1, -0.05) is 6.08 Å². The van der Waals surface area contributed by atoms with Crippen molar-refractivity contribution >= 4 is 5.78 Å². The Morgan fingerprint density at radius 1 is 1.78 bits per heavy atom. The molecule has 1 saturated heterocycles. The van der Waals surface area contributed by atoms with Crippen LogP contribution in [0.15, 0.2) is 11.6 Å². The molecule has 1 heterocycles. The highest BCUT2D eigenvalue weighted by Gasteiger charge is 2.46. The fraction of sp³-hybridized carbons (Fsp3) is 0.571. The van der Waals surface area contributed by atoms with E-state index in [-0.39, 0.29) is 18.0 Å². The van der Waals surface area contributed by atoms with Crippen molar-refractivity contribution in [1.29, 1.82) is 0 Å². The van der Waals surface area contributed by atoms with E-state index in [0.29, 0.717) is 0 Å². The van der Waals surface area contributed by atoms with E-state index in [1.807, 2.05) is 13.0 Å². The van der Waals surface area contributed by atoms with Crippen LogP contribution in [0.3, 0.4) is 0 Å². The van der Waals surface area contributed by atoms with E-state index < -0.39 is 0 Å². The van der Waals surface area contributed by atoms with Gasteiger partial charge in [0, 0.05) is 0 Å². The first-order valence-corrected chi connectivity index (χ1v) is 3.15. The standard InChI is InChI=1S/C7H8O2/c1-4-2-3-5-7(9-5)6(4)8/h2,5,7H,3H2,1H3. The second kappa shape index (κ2) is 1.45. The first-order chi connectivity index (χ1) is 4.29. The Hall–Kier alpha value is -0.630. The summed E-state index contributed by atoms with van der Waals surface area (Å²) in [5.74, 6) is 0.186. The van der Waals surface area contributed by atoms with Gasteiger partial charge in [-0.2, -0.15) is 0 Å². The molecule has 2 atom stereocenters. The smallest absolute Gasteiger partial charge is 0.189 e. The molecular weight excluding hydrogens is 116 g/mol. The SMILES string of the molecule is CC1=CCC2OC2C1=O. The minimum Gasteiger partial charge on any atom is -0.361 e. The number of rotatable bonds is 0. The van der Waals surface area contributed by atoms with Crippen LogP contribution in [0.4, 0.5) is 0 Å². The van der Waals surface area contributed by atoms with Crippen LogP contribution in [0.2, 0.25) is 0 Å². The van der Waals surface area contributed by atoms with Gasteiger partial charge in [-0.05, 0) is 18.9 Å². The lowest BCUT2D eigenvalue weighted by Crippen LogP contribution is -2.14. The summed E-state index contributed by atoms with van der Waals surface area (Å²) in [5.41, 5.74) is 0.869. The Morgan fingerprint density at radius 3 is 3.22 bits per heavy atom. The number of carbonyl (C=O) groups is 1. The third-order valence-electron chi connectivity index (χ3n) is 1.89. The van der Waals surface area contributed by atoms with Crippen LogP contribution in [0.25, 0.3) is 0 Å². The van der Waals surface area contributed by atoms with E-state index >= 15 is 0 Å². The molecule has 2 rings (SSSR count). The number of hydrogen-bond donors (Lipinski definition) is 0. The van der Waals surface area contributed by atoms with E-state index in [1.54, 1.807) is 0 Å². The van der Waals surface area contributed by atoms with Gasteiger partial charge in [0.1, 0.15) is 6.10 Å². The molecule has 2 heteroatoms. The van der Waals surface area contributed by atoms with Crippen molar-refractivity contribution in [2.45, 2.75) is 25.6 Å². The lowest BCUT2D eigenvalue weighted by Gasteiger charge is -2.00. The second-order valence-electron chi connectivity index (χ2n) is 2.58. The predicted octanol–water partition coefficient (Wildman–Crippen LogP) is 0.673. The molecule has 2 aliphatic rings. The maximum atomic E-state index is 11.0. The molecule has 0 saturated carbocycles. The maximum Gasteiger partial charge on any atom is 0.189 e. The summed E-state index contributed by atoms with van der Waals surface area (Å²) in [5, 5.41) is 0. The molecule has 2 unspecified atom stereocenters. The molecule has 0 aromatic rings. The summed E-state index contributed by atoms with van der Waals surface area (Å²) in [6.45, 7) is 1.85. The molecule has 0 aromatic carbocycles. The van der Waals surface area contributed by atoms with Crippen molar-refractivity contribution in [2.24, 2.45) is 0 Å². The van der Waals surface area contributed by atoms with Crippen LogP contribution in [0.1, 0.15) is 13.3 Å². The van der Waals surface area contributed by atoms with E-state index in [9.17, 15) is 4.79 Å². The minimum atomic E-state index is -0.0602. The average molecular weight is 124 g/mol. The zero-order chi connectivity index (χ0) is 6.43. The average Bonchev–Trinajstić information content (AvgIpc) is 2.58. The normalized spacial score (nSPS) is 39.7. The van der Waals surface area contributed by atoms with Gasteiger partial charge in [-0.15, -0.1) is 0 Å². The van der Waals surface area contributed by atoms with Crippen LogP contribution in [0.5, 0.6) is 0 Å². The summed E-state index contributed by atoms with van der Waals surface area (Å²) in [6.07, 6.45) is 3.06. The van der Waals surface area contributed by atoms with Crippen LogP contribution in [-0.4, -0.2) is 18.0 Å². The fourth-order valence-corrected chi connectivity index (χ4v) is 1.17. The molecule has 0 radical (unpaired) electrons. The number of carbonyl (C=O) groups excluding carboxylic acids is 1. The fourth-order valence-electron chi connectivity index (χ4n) is 1.17. The zero-order valence-electron chi connectivity index (χ0n) is 5.26. The van der Waals surface area contributed by atoms with Gasteiger partial charge in [0.15, 0.2) is 5.78 Å². The molecule has 0 amide bonds. The predicted molar refractivity (Wildman–Crippen MR) is 32.0 cm³/mol. The van der Waals surface area contributed by atoms with Crippen LogP contribution >= 0.6 is 0 Å². The Labute approximate surface area is 53.5 Å². The number of Topliss-reactive ketones (excluding diaryl/α,β-unsaturated/α-hetero) is 1. The summed E-state index contributed by atoms with van der Waals surface area (Å²) in [4.78, 5) is 11.0. The number of ether oxygens (including phenoxy) is 1. The topological polar surface area (TPSA) is 29.6 Å². The summed E-state index contributed by atoms with van der Waals surface area (Å²) in [7, 11) is 0. The monoisotopic (exact) mass is 124 g/mol. The molecule has 2 nitrogen and oxygen atoms in total. The van der Waals surface area contributed by atoms with Crippen LogP contribution in [0, 0.1) is 0 Å². The van der Waals surface area contributed by atoms with Crippen molar-refractivity contribution < 1.29 is 9.53 Å². The minimum absolute atomic E-state index is 0.0602. The van der Waals surface area contributed by atoms with Crippen molar-refractivity contribution in [3.05, 3.63) is 11.6 Å². The van der Waals surface area contributed by atoms with E-state index in [0.717, 1.165) is 12.0 Å². The number of fused-ring (bicyclic) bond motifs is 1. The summed E-state index contributed by atoms with van der Waals surface area (Å²) < 4.78 is 5.06. The van der Waals surface area contributed by atoms with Crippen molar-refractivity contribution in [1.82, 2.24) is 0 Å². The highest BCUT2D eigenvalue weighted by molar-refractivity contribution is 6.01. The van der Waals surface area contributed by atoms with Crippen LogP contribution < -0.4 is 0 Å². The molecule has 9 heavy (non-hydrogen) atoms. The first kappa shape index (κ1) is 5.18. The molecule has 1 fully saturated rings. The van der Waals surface area contributed by atoms with Gasteiger partial charge < -0.3 is 4.74 Å². The second-order valence-corrected chi connectivity index (χ2v) is 2.58. The van der Waals surface area contributed by atoms with E-state index in [4.69, 9.17) is 4.74 Å². The number of epoxide rings is 1. The summed E-state index contributed by atoms with van der Waals surface area (Å²) >= 11 is 0. The van der Waals surface area contributed by atoms with E-state index in [1.165, 1.54) is 0 Å².